The summed E-state index contributed by atoms with van der Waals surface area (Å²) in [6, 6.07) is -2.62. The fraction of sp³-hybridized carbons (Fsp3) is 0.125. The van der Waals surface area contributed by atoms with E-state index in [1.54, 1.807) is 0 Å². The van der Waals surface area contributed by atoms with Gasteiger partial charge in [0.25, 0.3) is 0 Å². The van der Waals surface area contributed by atoms with Gasteiger partial charge < -0.3 is 13.7 Å². The third-order valence-electron chi connectivity index (χ3n) is 11.6. The van der Waals surface area contributed by atoms with Crippen LogP contribution in [-0.2, 0) is 20.1 Å². The molecule has 0 unspecified atom stereocenters. The molecular formula is C72H63IrN6. The van der Waals surface area contributed by atoms with Crippen LogP contribution >= 0.6 is 0 Å². The van der Waals surface area contributed by atoms with Crippen LogP contribution in [0.5, 0.6) is 0 Å². The molecule has 0 aliphatic carbocycles. The summed E-state index contributed by atoms with van der Waals surface area (Å²) in [5.74, 6) is -0.825. The number of imidazole rings is 3. The van der Waals surface area contributed by atoms with Crippen LogP contribution in [0.15, 0.2) is 255 Å². The maximum absolute atomic E-state index is 8.71. The van der Waals surface area contributed by atoms with Crippen molar-refractivity contribution in [1.29, 1.82) is 0 Å². The van der Waals surface area contributed by atoms with E-state index in [1.807, 2.05) is 41.5 Å². The number of benzene rings is 9. The van der Waals surface area contributed by atoms with E-state index in [1.165, 1.54) is 69.1 Å². The van der Waals surface area contributed by atoms with Gasteiger partial charge >= 0.3 is 20.1 Å². The zero-order chi connectivity index (χ0) is 82.5. The first-order valence-corrected chi connectivity index (χ1v) is 24.1. The summed E-state index contributed by atoms with van der Waals surface area (Å²) in [5, 5.41) is 0. The van der Waals surface area contributed by atoms with Crippen molar-refractivity contribution in [2.24, 2.45) is 0 Å². The Morgan fingerprint density at radius 1 is 0.342 bits per heavy atom. The standard InChI is InChI=1S/3C24H21N2.Ir/c3*1-18(2)21-14-9-15-22(19-10-5-3-6-11-19)23(21)26-17-16-25-24(26)20-12-7-4-8-13-20;/h3*3-12,14-18H,1-2H3;/q3*-1;+3/i3*3D,4D,5D,6D,7D,8D,10D,11D,12D,14D,15D;. The minimum atomic E-state index is -0.578. The van der Waals surface area contributed by atoms with Crippen LogP contribution in [0, 0.1) is 18.2 Å². The third kappa shape index (κ3) is 12.4. The smallest absolute Gasteiger partial charge is 0.339 e. The largest absolute Gasteiger partial charge is 3.00 e. The summed E-state index contributed by atoms with van der Waals surface area (Å²) < 4.78 is 277. The second-order valence-corrected chi connectivity index (χ2v) is 17.5. The summed E-state index contributed by atoms with van der Waals surface area (Å²) in [6.07, 6.45) is 8.55. The van der Waals surface area contributed by atoms with E-state index in [0.717, 1.165) is 0 Å². The number of nitrogens with zero attached hydrogens (tertiary/aromatic N) is 6. The monoisotopic (exact) mass is 1240 g/mol. The predicted octanol–water partition coefficient (Wildman–Crippen LogP) is 18.4. The molecule has 0 amide bonds. The Labute approximate surface area is 526 Å². The summed E-state index contributed by atoms with van der Waals surface area (Å²) in [7, 11) is 0. The van der Waals surface area contributed by atoms with Gasteiger partial charge in [-0.25, -0.2) is 0 Å². The molecule has 0 bridgehead atoms. The molecule has 79 heavy (non-hydrogen) atoms. The molecule has 0 spiro atoms. The van der Waals surface area contributed by atoms with Gasteiger partial charge in [-0.05, 0) is 59.4 Å². The molecule has 0 N–H and O–H groups in total. The molecule has 0 fully saturated rings. The quantitative estimate of drug-likeness (QED) is 0.115. The van der Waals surface area contributed by atoms with Crippen LogP contribution in [-0.4, -0.2) is 28.7 Å². The zero-order valence-corrected chi connectivity index (χ0v) is 45.3. The van der Waals surface area contributed by atoms with Gasteiger partial charge in [-0.3, -0.25) is 15.0 Å². The molecule has 0 saturated heterocycles. The van der Waals surface area contributed by atoms with E-state index in [9.17, 15) is 0 Å². The number of hydrogen-bond donors (Lipinski definition) is 0. The first-order valence-electron chi connectivity index (χ1n) is 40.6. The molecule has 12 rings (SSSR count). The Hall–Kier alpha value is -8.74. The van der Waals surface area contributed by atoms with Crippen molar-refractivity contribution in [3.8, 4) is 84.6 Å². The summed E-state index contributed by atoms with van der Waals surface area (Å²) in [6.45, 7) is 10.9. The Bertz CT molecular complexity index is 5200. The predicted molar refractivity (Wildman–Crippen MR) is 322 cm³/mol. The SMILES string of the molecule is [2H]c1[c-]c(-c2nccn2-c2c(-c3c([2H])c([2H])c([2H])c([2H])c3[2H])c([2H])cc([2H])c2C(C)C)c([2H])c([2H])c1[2H].[2H]c1[c-]c(-c2nccn2-c2c(-c3c([2H])c([2H])c([2H])c([2H])c3[2H])c([2H])cc([2H])c2C(C)C)c([2H])c([2H])c1[2H].[2H]c1[c-]c(-c2nccn2-c2c(-c3c([2H])c([2H])c([2H])c([2H])c3[2H])c([2H])cc([2H])c2C(C)C)c([2H])c([2H])c1[2H].[Ir+3]. The Balaban J connectivity index is 0.000000192. The molecule has 0 aliphatic rings. The fourth-order valence-corrected chi connectivity index (χ4v) is 8.23. The van der Waals surface area contributed by atoms with Gasteiger partial charge in [0.2, 0.25) is 0 Å². The second kappa shape index (κ2) is 26.1. The van der Waals surface area contributed by atoms with Crippen molar-refractivity contribution < 1.29 is 65.3 Å². The minimum Gasteiger partial charge on any atom is -0.339 e. The van der Waals surface area contributed by atoms with Gasteiger partial charge in [-0.15, -0.1) is 107 Å². The van der Waals surface area contributed by atoms with E-state index in [-0.39, 0.29) is 159 Å². The van der Waals surface area contributed by atoms with Crippen molar-refractivity contribution in [3.63, 3.8) is 0 Å². The van der Waals surface area contributed by atoms with Crippen LogP contribution in [0.2, 0.25) is 0 Å². The number of aromatic nitrogens is 6. The average molecular weight is 1240 g/mol. The fourth-order valence-electron chi connectivity index (χ4n) is 8.23. The summed E-state index contributed by atoms with van der Waals surface area (Å²) >= 11 is 0. The molecule has 390 valence electrons. The first kappa shape index (κ1) is 27.2. The van der Waals surface area contributed by atoms with E-state index < -0.39 is 163 Å². The maximum Gasteiger partial charge on any atom is 3.00 e. The van der Waals surface area contributed by atoms with Crippen molar-refractivity contribution in [1.82, 2.24) is 28.7 Å². The molecule has 0 saturated carbocycles. The van der Waals surface area contributed by atoms with Crippen LogP contribution in [0.3, 0.4) is 0 Å². The Kier molecular flexibility index (Phi) is 8.98. The molecular weight excluding hydrogens is 1140 g/mol. The van der Waals surface area contributed by atoms with Crippen LogP contribution < -0.4 is 0 Å². The van der Waals surface area contributed by atoms with Crippen molar-refractivity contribution in [2.75, 3.05) is 0 Å². The Morgan fingerprint density at radius 3 is 0.873 bits per heavy atom. The molecule has 9 aromatic carbocycles. The van der Waals surface area contributed by atoms with Gasteiger partial charge in [0.05, 0.1) is 46.3 Å². The van der Waals surface area contributed by atoms with Crippen LogP contribution in [0.1, 0.15) is 121 Å². The van der Waals surface area contributed by atoms with E-state index in [0.29, 0.717) is 16.7 Å². The molecule has 0 atom stereocenters. The number of hydrogen-bond acceptors (Lipinski definition) is 3. The normalized spacial score (nSPS) is 16.7. The summed E-state index contributed by atoms with van der Waals surface area (Å²) in [4.78, 5) is 12.9. The third-order valence-corrected chi connectivity index (χ3v) is 11.6. The van der Waals surface area contributed by atoms with Gasteiger partial charge in [-0.1, -0.05) is 187 Å². The molecule has 6 nitrogen and oxygen atoms in total. The van der Waals surface area contributed by atoms with Gasteiger partial charge in [-0.2, -0.15) is 0 Å². The van der Waals surface area contributed by atoms with E-state index in [4.69, 9.17) is 45.2 Å². The average Bonchev–Trinajstić information content (AvgIpc) is 1.19. The number of para-hydroxylation sites is 3. The van der Waals surface area contributed by atoms with Crippen LogP contribution in [0.25, 0.3) is 84.6 Å². The Morgan fingerprint density at radius 2 is 0.608 bits per heavy atom. The second-order valence-electron chi connectivity index (χ2n) is 17.5. The van der Waals surface area contributed by atoms with Crippen molar-refractivity contribution in [3.05, 3.63) is 290 Å². The van der Waals surface area contributed by atoms with Crippen molar-refractivity contribution in [2.45, 2.75) is 59.3 Å². The van der Waals surface area contributed by atoms with Crippen molar-refractivity contribution >= 4 is 0 Å². The maximum atomic E-state index is 8.71. The molecule has 0 aliphatic heterocycles. The molecule has 3 aromatic heterocycles. The topological polar surface area (TPSA) is 53.5 Å². The molecule has 12 aromatic rings. The van der Waals surface area contributed by atoms with Gasteiger partial charge in [0, 0.05) is 79.2 Å². The zero-order valence-electron chi connectivity index (χ0n) is 75.9. The summed E-state index contributed by atoms with van der Waals surface area (Å²) in [5.41, 5.74) is 0.834. The van der Waals surface area contributed by atoms with Crippen LogP contribution in [0.4, 0.5) is 0 Å². The van der Waals surface area contributed by atoms with Gasteiger partial charge in [0.1, 0.15) is 0 Å². The van der Waals surface area contributed by atoms with Gasteiger partial charge in [0.15, 0.2) is 0 Å². The van der Waals surface area contributed by atoms with E-state index in [2.05, 4.69) is 33.2 Å². The molecule has 7 heteroatoms. The molecule has 0 radical (unpaired) electrons. The number of rotatable bonds is 12. The first-order chi connectivity index (χ1) is 51.9. The minimum absolute atomic E-state index is 0. The molecule has 3 heterocycles. The van der Waals surface area contributed by atoms with E-state index >= 15 is 0 Å².